The first-order valence-corrected chi connectivity index (χ1v) is 10.5. The molecule has 0 aliphatic carbocycles. The summed E-state index contributed by atoms with van der Waals surface area (Å²) in [6.07, 6.45) is 0. The second-order valence-electron chi connectivity index (χ2n) is 5.84. The number of phenols is 1. The molecule has 0 saturated heterocycles. The molecule has 0 bridgehead atoms. The number of hydrogen-bond acceptors (Lipinski definition) is 4. The van der Waals surface area contributed by atoms with Gasteiger partial charge in [0.05, 0.1) is 10.6 Å². The normalized spacial score (nSPS) is 11.4. The quantitative estimate of drug-likeness (QED) is 0.358. The lowest BCUT2D eigenvalue weighted by Gasteiger charge is -2.15. The third-order valence-corrected chi connectivity index (χ3v) is 4.70. The maximum absolute atomic E-state index is 11.3. The van der Waals surface area contributed by atoms with Gasteiger partial charge in [-0.05, 0) is 19.0 Å². The number of aromatic hydroxyl groups is 1. The van der Waals surface area contributed by atoms with Crippen LogP contribution in [0.25, 0.3) is 0 Å². The highest BCUT2D eigenvalue weighted by Gasteiger charge is 2.14. The Morgan fingerprint density at radius 1 is 1.35 bits per heavy atom. The van der Waals surface area contributed by atoms with Crippen LogP contribution in [0.1, 0.15) is 17.3 Å². The van der Waals surface area contributed by atoms with Gasteiger partial charge in [-0.2, -0.15) is 0 Å². The van der Waals surface area contributed by atoms with Crippen LogP contribution >= 0.6 is 11.6 Å². The Morgan fingerprint density at radius 2 is 2.00 bits per heavy atom. The molecule has 1 rings (SSSR count). The van der Waals surface area contributed by atoms with Gasteiger partial charge in [-0.25, -0.2) is 0 Å². The van der Waals surface area contributed by atoms with Crippen molar-refractivity contribution in [3.8, 4) is 11.5 Å². The fourth-order valence-corrected chi connectivity index (χ4v) is 2.64. The number of phenolic OH excluding ortho intramolecular Hbond substituents is 1. The van der Waals surface area contributed by atoms with Crippen molar-refractivity contribution in [2.75, 3.05) is 13.4 Å². The number of benzene rings is 1. The highest BCUT2D eigenvalue weighted by molar-refractivity contribution is 6.76. The highest BCUT2D eigenvalue weighted by Crippen LogP contribution is 2.31. The smallest absolute Gasteiger partial charge is 0.189 e. The van der Waals surface area contributed by atoms with E-state index in [0.29, 0.717) is 12.4 Å². The van der Waals surface area contributed by atoms with E-state index in [4.69, 9.17) is 21.1 Å². The molecule has 0 amide bonds. The van der Waals surface area contributed by atoms with Crippen molar-refractivity contribution in [1.82, 2.24) is 0 Å². The zero-order chi connectivity index (χ0) is 15.3. The second-order valence-corrected chi connectivity index (χ2v) is 11.9. The average molecular weight is 317 g/mol. The molecular weight excluding hydrogens is 296 g/mol. The summed E-state index contributed by atoms with van der Waals surface area (Å²) in [7, 11) is -1.10. The van der Waals surface area contributed by atoms with Crippen LogP contribution in [0.3, 0.4) is 0 Å². The average Bonchev–Trinajstić information content (AvgIpc) is 2.25. The van der Waals surface area contributed by atoms with E-state index in [1.54, 1.807) is 0 Å². The molecule has 6 heteroatoms. The number of Topliss-reactive ketones (excluding diaryl/α,β-unsaturated/α-hetero) is 1. The molecule has 4 nitrogen and oxygen atoms in total. The van der Waals surface area contributed by atoms with E-state index in [-0.39, 0.29) is 28.9 Å². The lowest BCUT2D eigenvalue weighted by atomic mass is 10.1. The zero-order valence-electron chi connectivity index (χ0n) is 12.3. The van der Waals surface area contributed by atoms with E-state index >= 15 is 0 Å². The Bertz CT molecular complexity index is 460. The monoisotopic (exact) mass is 316 g/mol. The fraction of sp³-hybridized carbons (Fsp3) is 0.500. The number of hydrogen-bond donors (Lipinski definition) is 1. The summed E-state index contributed by atoms with van der Waals surface area (Å²) in [5, 5.41) is 9.91. The van der Waals surface area contributed by atoms with E-state index in [2.05, 4.69) is 19.6 Å². The standard InChI is InChI=1S/C14H21ClO4Si/c1-10(16)14-12(15)7-11(8-13(14)17)19-9-18-5-6-20(2,3)4/h7-8,17H,5-6,9H2,1-4H3. The van der Waals surface area contributed by atoms with Gasteiger partial charge in [-0.3, -0.25) is 4.79 Å². The molecule has 0 aliphatic heterocycles. The molecule has 1 aromatic carbocycles. The SMILES string of the molecule is CC(=O)c1c(O)cc(OCOCC[Si](C)(C)C)cc1Cl. The maximum Gasteiger partial charge on any atom is 0.189 e. The van der Waals surface area contributed by atoms with Crippen LogP contribution in [0, 0.1) is 0 Å². The van der Waals surface area contributed by atoms with Crippen molar-refractivity contribution < 1.29 is 19.4 Å². The molecule has 0 spiro atoms. The Labute approximate surface area is 125 Å². The maximum atomic E-state index is 11.3. The van der Waals surface area contributed by atoms with E-state index in [9.17, 15) is 9.90 Å². The summed E-state index contributed by atoms with van der Waals surface area (Å²) in [6, 6.07) is 3.93. The summed E-state index contributed by atoms with van der Waals surface area (Å²) in [6.45, 7) is 8.92. The molecule has 0 aromatic heterocycles. The van der Waals surface area contributed by atoms with Crippen LogP contribution in [0.4, 0.5) is 0 Å². The van der Waals surface area contributed by atoms with Crippen LogP contribution in [0.5, 0.6) is 11.5 Å². The number of ether oxygens (including phenoxy) is 2. The Hall–Kier alpha value is -1.04. The predicted octanol–water partition coefficient (Wildman–Crippen LogP) is 3.94. The van der Waals surface area contributed by atoms with Crippen molar-refractivity contribution in [2.45, 2.75) is 32.6 Å². The highest BCUT2D eigenvalue weighted by atomic mass is 35.5. The molecule has 0 radical (unpaired) electrons. The Balaban J connectivity index is 2.52. The summed E-state index contributed by atoms with van der Waals surface area (Å²) < 4.78 is 10.7. The van der Waals surface area contributed by atoms with Crippen LogP contribution in [0.15, 0.2) is 12.1 Å². The number of ketones is 1. The van der Waals surface area contributed by atoms with Gasteiger partial charge in [0.1, 0.15) is 11.5 Å². The van der Waals surface area contributed by atoms with Gasteiger partial charge in [0.15, 0.2) is 12.6 Å². The summed E-state index contributed by atoms with van der Waals surface area (Å²) in [4.78, 5) is 11.3. The topological polar surface area (TPSA) is 55.8 Å². The van der Waals surface area contributed by atoms with Crippen LogP contribution in [-0.4, -0.2) is 32.4 Å². The van der Waals surface area contributed by atoms with Gasteiger partial charge < -0.3 is 14.6 Å². The van der Waals surface area contributed by atoms with Gasteiger partial charge in [0.25, 0.3) is 0 Å². The molecule has 112 valence electrons. The van der Waals surface area contributed by atoms with Gasteiger partial charge in [0.2, 0.25) is 0 Å². The van der Waals surface area contributed by atoms with E-state index in [1.165, 1.54) is 19.1 Å². The van der Waals surface area contributed by atoms with E-state index in [0.717, 1.165) is 6.04 Å². The molecule has 1 aromatic rings. The third-order valence-electron chi connectivity index (χ3n) is 2.70. The van der Waals surface area contributed by atoms with Crippen LogP contribution in [0.2, 0.25) is 30.7 Å². The van der Waals surface area contributed by atoms with Gasteiger partial charge in [-0.1, -0.05) is 31.2 Å². The minimum Gasteiger partial charge on any atom is -0.507 e. The zero-order valence-corrected chi connectivity index (χ0v) is 14.1. The minimum atomic E-state index is -1.10. The van der Waals surface area contributed by atoms with E-state index < -0.39 is 8.07 Å². The van der Waals surface area contributed by atoms with E-state index in [1.807, 2.05) is 0 Å². The van der Waals surface area contributed by atoms with Gasteiger partial charge >= 0.3 is 0 Å². The first-order chi connectivity index (χ1) is 9.20. The Kier molecular flexibility index (Phi) is 6.04. The fourth-order valence-electron chi connectivity index (χ4n) is 1.55. The molecule has 0 unspecified atom stereocenters. The number of carbonyl (C=O) groups is 1. The summed E-state index contributed by atoms with van der Waals surface area (Å²) in [5.41, 5.74) is 0.110. The number of carbonyl (C=O) groups excluding carboxylic acids is 1. The largest absolute Gasteiger partial charge is 0.507 e. The van der Waals surface area contributed by atoms with Gasteiger partial charge in [-0.15, -0.1) is 0 Å². The Morgan fingerprint density at radius 3 is 2.50 bits per heavy atom. The molecule has 1 N–H and O–H groups in total. The first kappa shape index (κ1) is 17.0. The summed E-state index contributed by atoms with van der Waals surface area (Å²) >= 11 is 5.93. The van der Waals surface area contributed by atoms with Crippen molar-refractivity contribution in [2.24, 2.45) is 0 Å². The van der Waals surface area contributed by atoms with Crippen LogP contribution in [-0.2, 0) is 4.74 Å². The summed E-state index contributed by atoms with van der Waals surface area (Å²) in [5.74, 6) is -0.0851. The molecular formula is C14H21ClO4Si. The molecule has 0 fully saturated rings. The predicted molar refractivity (Wildman–Crippen MR) is 82.7 cm³/mol. The molecule has 0 heterocycles. The van der Waals surface area contributed by atoms with Crippen molar-refractivity contribution in [1.29, 1.82) is 0 Å². The molecule has 0 saturated carbocycles. The molecule has 0 atom stereocenters. The molecule has 20 heavy (non-hydrogen) atoms. The molecule has 0 aliphatic rings. The third kappa shape index (κ3) is 5.52. The van der Waals surface area contributed by atoms with Gasteiger partial charge in [0, 0.05) is 20.7 Å². The van der Waals surface area contributed by atoms with Crippen molar-refractivity contribution >= 4 is 25.5 Å². The van der Waals surface area contributed by atoms with Crippen molar-refractivity contribution in [3.05, 3.63) is 22.7 Å². The second kappa shape index (κ2) is 7.11. The van der Waals surface area contributed by atoms with Crippen LogP contribution < -0.4 is 4.74 Å². The lowest BCUT2D eigenvalue weighted by molar-refractivity contribution is 0.0219. The number of halogens is 1. The number of rotatable bonds is 7. The minimum absolute atomic E-state index is 0.0969. The first-order valence-electron chi connectivity index (χ1n) is 6.45. The lowest BCUT2D eigenvalue weighted by Crippen LogP contribution is -2.22. The van der Waals surface area contributed by atoms with Crippen molar-refractivity contribution in [3.63, 3.8) is 0 Å².